The number of hydrogen-bond acceptors (Lipinski definition) is 2. The van der Waals surface area contributed by atoms with Crippen LogP contribution < -0.4 is 0 Å². The molecule has 0 radical (unpaired) electrons. The molecule has 0 N–H and O–H groups in total. The number of aryl methyl sites for hydroxylation is 2. The van der Waals surface area contributed by atoms with Gasteiger partial charge < -0.3 is 4.74 Å². The molecule has 120 valence electrons. The Morgan fingerprint density at radius 3 is 2.36 bits per heavy atom. The summed E-state index contributed by atoms with van der Waals surface area (Å²) in [6, 6.07) is 4.10. The number of hydrogen-bond donors (Lipinski definition) is 0. The van der Waals surface area contributed by atoms with Crippen LogP contribution in [0.3, 0.4) is 0 Å². The molecule has 0 bridgehead atoms. The molecule has 0 spiro atoms. The van der Waals surface area contributed by atoms with Crippen molar-refractivity contribution in [2.45, 2.75) is 52.5 Å². The second-order valence-corrected chi connectivity index (χ2v) is 7.15. The summed E-state index contributed by atoms with van der Waals surface area (Å²) in [5.41, 5.74) is 2.33. The summed E-state index contributed by atoms with van der Waals surface area (Å²) >= 11 is 0. The quantitative estimate of drug-likeness (QED) is 0.847. The molecule has 1 fully saturated rings. The first-order chi connectivity index (χ1) is 10.3. The zero-order valence-electron chi connectivity index (χ0n) is 14.0. The molecule has 1 aliphatic heterocycles. The predicted molar refractivity (Wildman–Crippen MR) is 84.2 cm³/mol. The van der Waals surface area contributed by atoms with Crippen LogP contribution in [0.25, 0.3) is 5.82 Å². The molecule has 5 heteroatoms. The minimum absolute atomic E-state index is 0.119. The van der Waals surface area contributed by atoms with Crippen LogP contribution in [-0.2, 0) is 10.2 Å². The van der Waals surface area contributed by atoms with Crippen LogP contribution in [0.4, 0.5) is 4.39 Å². The van der Waals surface area contributed by atoms with Crippen molar-refractivity contribution in [2.75, 3.05) is 13.2 Å². The molecule has 3 rings (SSSR count). The van der Waals surface area contributed by atoms with E-state index in [0.717, 1.165) is 17.8 Å². The Labute approximate surface area is 130 Å². The van der Waals surface area contributed by atoms with Gasteiger partial charge in [0.05, 0.1) is 18.3 Å². The standard InChI is InChI=1S/C17H24FN3O/c1-11-6-7-12(2)20(11)16-14(18)15(17(3,4)5)21(19-16)13-8-9-22-10-13/h6-7,13H,8-10H2,1-5H3/t13-/m0/s1. The molecule has 1 atom stereocenters. The molecule has 0 unspecified atom stereocenters. The molecular weight excluding hydrogens is 281 g/mol. The summed E-state index contributed by atoms with van der Waals surface area (Å²) in [7, 11) is 0. The van der Waals surface area contributed by atoms with E-state index >= 15 is 4.39 Å². The molecule has 0 aromatic carbocycles. The maximum Gasteiger partial charge on any atom is 0.195 e. The van der Waals surface area contributed by atoms with Gasteiger partial charge in [0, 0.05) is 23.4 Å². The zero-order valence-corrected chi connectivity index (χ0v) is 14.0. The summed E-state index contributed by atoms with van der Waals surface area (Å²) < 4.78 is 24.4. The average molecular weight is 305 g/mol. The molecular formula is C17H24FN3O. The molecule has 4 nitrogen and oxygen atoms in total. The van der Waals surface area contributed by atoms with Gasteiger partial charge in [0.25, 0.3) is 0 Å². The third-order valence-corrected chi connectivity index (χ3v) is 4.28. The lowest BCUT2D eigenvalue weighted by Gasteiger charge is -2.22. The molecule has 22 heavy (non-hydrogen) atoms. The summed E-state index contributed by atoms with van der Waals surface area (Å²) in [6.45, 7) is 11.3. The van der Waals surface area contributed by atoms with Crippen molar-refractivity contribution in [3.8, 4) is 5.82 Å². The van der Waals surface area contributed by atoms with Gasteiger partial charge in [0.1, 0.15) is 0 Å². The van der Waals surface area contributed by atoms with E-state index in [4.69, 9.17) is 4.74 Å². The summed E-state index contributed by atoms with van der Waals surface area (Å²) in [5.74, 6) is 0.179. The van der Waals surface area contributed by atoms with Crippen LogP contribution in [0.5, 0.6) is 0 Å². The molecule has 0 saturated carbocycles. The van der Waals surface area contributed by atoms with E-state index in [9.17, 15) is 0 Å². The lowest BCUT2D eigenvalue weighted by atomic mass is 9.91. The highest BCUT2D eigenvalue weighted by Gasteiger charge is 2.33. The maximum atomic E-state index is 15.2. The van der Waals surface area contributed by atoms with Crippen molar-refractivity contribution in [1.29, 1.82) is 0 Å². The third-order valence-electron chi connectivity index (χ3n) is 4.28. The number of aromatic nitrogens is 3. The monoisotopic (exact) mass is 305 g/mol. The molecule has 1 saturated heterocycles. The average Bonchev–Trinajstić information content (AvgIpc) is 3.09. The highest BCUT2D eigenvalue weighted by Crippen LogP contribution is 2.33. The smallest absolute Gasteiger partial charge is 0.195 e. The Morgan fingerprint density at radius 1 is 1.23 bits per heavy atom. The Kier molecular flexibility index (Phi) is 3.63. The Morgan fingerprint density at radius 2 is 1.86 bits per heavy atom. The minimum Gasteiger partial charge on any atom is -0.379 e. The topological polar surface area (TPSA) is 32.0 Å². The number of ether oxygens (including phenoxy) is 1. The highest BCUT2D eigenvalue weighted by atomic mass is 19.1. The summed E-state index contributed by atoms with van der Waals surface area (Å²) in [6.07, 6.45) is 0.882. The van der Waals surface area contributed by atoms with Crippen molar-refractivity contribution in [2.24, 2.45) is 0 Å². The van der Waals surface area contributed by atoms with Crippen LogP contribution in [0.1, 0.15) is 50.3 Å². The van der Waals surface area contributed by atoms with Crippen molar-refractivity contribution < 1.29 is 9.13 Å². The van der Waals surface area contributed by atoms with Crippen molar-refractivity contribution in [1.82, 2.24) is 14.3 Å². The fourth-order valence-corrected chi connectivity index (χ4v) is 3.20. The van der Waals surface area contributed by atoms with Gasteiger partial charge in [-0.05, 0) is 32.4 Å². The van der Waals surface area contributed by atoms with Gasteiger partial charge in [-0.1, -0.05) is 20.8 Å². The van der Waals surface area contributed by atoms with E-state index in [1.165, 1.54) is 0 Å². The molecule has 0 aliphatic carbocycles. The minimum atomic E-state index is -0.313. The first kappa shape index (κ1) is 15.3. The maximum absolute atomic E-state index is 15.2. The highest BCUT2D eigenvalue weighted by molar-refractivity contribution is 5.37. The number of rotatable bonds is 2. The molecule has 2 aromatic heterocycles. The second-order valence-electron chi connectivity index (χ2n) is 7.15. The second kappa shape index (κ2) is 5.23. The van der Waals surface area contributed by atoms with Gasteiger partial charge in [0.2, 0.25) is 0 Å². The zero-order chi connectivity index (χ0) is 16.1. The van der Waals surface area contributed by atoms with E-state index in [-0.39, 0.29) is 17.3 Å². The lowest BCUT2D eigenvalue weighted by molar-refractivity contribution is 0.183. The van der Waals surface area contributed by atoms with Crippen LogP contribution in [0.15, 0.2) is 12.1 Å². The lowest BCUT2D eigenvalue weighted by Crippen LogP contribution is -2.23. The van der Waals surface area contributed by atoms with Gasteiger partial charge in [-0.2, -0.15) is 5.10 Å². The fourth-order valence-electron chi connectivity index (χ4n) is 3.20. The number of nitrogens with zero attached hydrogens (tertiary/aromatic N) is 3. The molecule has 2 aromatic rings. The van der Waals surface area contributed by atoms with E-state index in [1.807, 2.05) is 56.0 Å². The van der Waals surface area contributed by atoms with Crippen molar-refractivity contribution in [3.63, 3.8) is 0 Å². The predicted octanol–water partition coefficient (Wildman–Crippen LogP) is 3.69. The van der Waals surface area contributed by atoms with Gasteiger partial charge in [-0.15, -0.1) is 0 Å². The van der Waals surface area contributed by atoms with E-state index in [2.05, 4.69) is 5.10 Å². The van der Waals surface area contributed by atoms with E-state index in [0.29, 0.717) is 24.7 Å². The van der Waals surface area contributed by atoms with Gasteiger partial charge in [-0.25, -0.2) is 4.39 Å². The van der Waals surface area contributed by atoms with Crippen LogP contribution >= 0.6 is 0 Å². The summed E-state index contributed by atoms with van der Waals surface area (Å²) in [4.78, 5) is 0. The van der Waals surface area contributed by atoms with Crippen LogP contribution in [0, 0.1) is 19.7 Å². The van der Waals surface area contributed by atoms with Crippen molar-refractivity contribution in [3.05, 3.63) is 35.0 Å². The Hall–Kier alpha value is -1.62. The molecule has 0 amide bonds. The first-order valence-corrected chi connectivity index (χ1v) is 7.82. The van der Waals surface area contributed by atoms with Crippen LogP contribution in [0.2, 0.25) is 0 Å². The van der Waals surface area contributed by atoms with Crippen molar-refractivity contribution >= 4 is 0 Å². The summed E-state index contributed by atoms with van der Waals surface area (Å²) in [5, 5.41) is 4.65. The van der Waals surface area contributed by atoms with Gasteiger partial charge >= 0.3 is 0 Å². The normalized spacial score (nSPS) is 19.1. The third kappa shape index (κ3) is 2.37. The van der Waals surface area contributed by atoms with Crippen LogP contribution in [-0.4, -0.2) is 27.6 Å². The van der Waals surface area contributed by atoms with E-state index < -0.39 is 0 Å². The fraction of sp³-hybridized carbons (Fsp3) is 0.588. The largest absolute Gasteiger partial charge is 0.379 e. The van der Waals surface area contributed by atoms with E-state index in [1.54, 1.807) is 0 Å². The number of halogens is 1. The Balaban J connectivity index is 2.21. The van der Waals surface area contributed by atoms with Gasteiger partial charge in [0.15, 0.2) is 11.6 Å². The van der Waals surface area contributed by atoms with Gasteiger partial charge in [-0.3, -0.25) is 9.25 Å². The molecule has 3 heterocycles. The first-order valence-electron chi connectivity index (χ1n) is 7.82. The molecule has 1 aliphatic rings. The Bertz CT molecular complexity index is 668. The SMILES string of the molecule is Cc1ccc(C)n1-c1nn([C@H]2CCOC2)c(C(C)(C)C)c1F.